The third kappa shape index (κ3) is 3.71. The number of esters is 1. The van der Waals surface area contributed by atoms with Crippen LogP contribution < -0.4 is 0 Å². The van der Waals surface area contributed by atoms with E-state index in [1.165, 1.54) is 24.1 Å². The summed E-state index contributed by atoms with van der Waals surface area (Å²) in [5, 5.41) is 0. The Bertz CT molecular complexity index is 649. The molecule has 1 aliphatic rings. The number of likely N-dealkylation sites (tertiary alicyclic amines) is 1. The highest BCUT2D eigenvalue weighted by Crippen LogP contribution is 2.41. The Balaban J connectivity index is 2.34. The molecule has 2 rings (SSSR count). The van der Waals surface area contributed by atoms with E-state index >= 15 is 0 Å². The van der Waals surface area contributed by atoms with E-state index in [-0.39, 0.29) is 18.1 Å². The summed E-state index contributed by atoms with van der Waals surface area (Å²) < 4.78 is 18.1. The summed E-state index contributed by atoms with van der Waals surface area (Å²) in [5.74, 6) is -1.57. The van der Waals surface area contributed by atoms with Crippen molar-refractivity contribution in [2.75, 3.05) is 21.2 Å². The molecule has 1 aromatic rings. The zero-order valence-corrected chi connectivity index (χ0v) is 14.8. The highest BCUT2D eigenvalue weighted by molar-refractivity contribution is 5.86. The molecule has 136 valence electrons. The Morgan fingerprint density at radius 3 is 2.48 bits per heavy atom. The number of ether oxygens (including phenoxy) is 1. The second kappa shape index (κ2) is 7.74. The first-order chi connectivity index (χ1) is 11.8. The van der Waals surface area contributed by atoms with Gasteiger partial charge in [0.2, 0.25) is 5.91 Å². The van der Waals surface area contributed by atoms with Crippen LogP contribution >= 0.6 is 0 Å². The van der Waals surface area contributed by atoms with E-state index in [0.29, 0.717) is 6.29 Å². The van der Waals surface area contributed by atoms with Crippen LogP contribution in [0.25, 0.3) is 0 Å². The van der Waals surface area contributed by atoms with Gasteiger partial charge in [0.15, 0.2) is 0 Å². The lowest BCUT2D eigenvalue weighted by molar-refractivity contribution is -0.146. The van der Waals surface area contributed by atoms with Crippen molar-refractivity contribution in [2.45, 2.75) is 31.5 Å². The minimum atomic E-state index is -0.563. The molecular formula is C18H23FN2O4. The maximum absolute atomic E-state index is 13.2. The zero-order valence-electron chi connectivity index (χ0n) is 14.8. The summed E-state index contributed by atoms with van der Waals surface area (Å²) in [7, 11) is 4.62. The molecule has 25 heavy (non-hydrogen) atoms. The van der Waals surface area contributed by atoms with E-state index in [0.717, 1.165) is 5.56 Å². The molecule has 3 unspecified atom stereocenters. The van der Waals surface area contributed by atoms with Crippen molar-refractivity contribution in [1.29, 1.82) is 0 Å². The molecule has 7 heteroatoms. The predicted molar refractivity (Wildman–Crippen MR) is 89.1 cm³/mol. The van der Waals surface area contributed by atoms with Crippen molar-refractivity contribution in [3.05, 3.63) is 35.6 Å². The van der Waals surface area contributed by atoms with Gasteiger partial charge in [0.25, 0.3) is 0 Å². The molecule has 0 saturated carbocycles. The van der Waals surface area contributed by atoms with Crippen molar-refractivity contribution >= 4 is 18.2 Å². The van der Waals surface area contributed by atoms with Crippen LogP contribution in [0.2, 0.25) is 0 Å². The molecule has 4 atom stereocenters. The Morgan fingerprint density at radius 2 is 1.96 bits per heavy atom. The molecule has 6 nitrogen and oxygen atoms in total. The van der Waals surface area contributed by atoms with Crippen LogP contribution in [0, 0.1) is 11.7 Å². The lowest BCUT2D eigenvalue weighted by atomic mass is 9.93. The number of carbonyl (C=O) groups is 3. The molecule has 0 aliphatic carbocycles. The largest absolute Gasteiger partial charge is 0.469 e. The molecule has 1 amide bonds. The molecule has 0 spiro atoms. The number of likely N-dealkylation sites (N-methyl/N-ethyl adjacent to an activating group) is 2. The fourth-order valence-corrected chi connectivity index (χ4v) is 3.32. The van der Waals surface area contributed by atoms with E-state index in [1.807, 2.05) is 0 Å². The molecule has 1 aromatic carbocycles. The maximum atomic E-state index is 13.2. The highest BCUT2D eigenvalue weighted by atomic mass is 19.1. The summed E-state index contributed by atoms with van der Waals surface area (Å²) in [4.78, 5) is 39.1. The monoisotopic (exact) mass is 350 g/mol. The van der Waals surface area contributed by atoms with E-state index in [9.17, 15) is 18.8 Å². The highest BCUT2D eigenvalue weighted by Gasteiger charge is 2.47. The number of aldehydes is 1. The quantitative estimate of drug-likeness (QED) is 0.593. The van der Waals surface area contributed by atoms with E-state index in [1.54, 1.807) is 38.1 Å². The van der Waals surface area contributed by atoms with Crippen molar-refractivity contribution < 1.29 is 23.5 Å². The molecule has 0 radical (unpaired) electrons. The van der Waals surface area contributed by atoms with Crippen LogP contribution in [0.5, 0.6) is 0 Å². The minimum absolute atomic E-state index is 0.236. The van der Waals surface area contributed by atoms with Crippen molar-refractivity contribution in [1.82, 2.24) is 9.80 Å². The van der Waals surface area contributed by atoms with Gasteiger partial charge in [-0.1, -0.05) is 12.1 Å². The number of rotatable bonds is 5. The van der Waals surface area contributed by atoms with Gasteiger partial charge in [0, 0.05) is 13.1 Å². The van der Waals surface area contributed by atoms with Crippen LogP contribution in [0.1, 0.15) is 24.9 Å². The van der Waals surface area contributed by atoms with Crippen molar-refractivity contribution in [2.24, 2.45) is 5.92 Å². The second-order valence-electron chi connectivity index (χ2n) is 6.37. The Labute approximate surface area is 146 Å². The van der Waals surface area contributed by atoms with Crippen LogP contribution in [0.4, 0.5) is 4.39 Å². The van der Waals surface area contributed by atoms with Crippen LogP contribution in [-0.4, -0.2) is 61.3 Å². The molecule has 1 fully saturated rings. The van der Waals surface area contributed by atoms with Crippen molar-refractivity contribution in [3.63, 3.8) is 0 Å². The molecule has 1 aliphatic heterocycles. The fourth-order valence-electron chi connectivity index (χ4n) is 3.32. The standard InChI is InChI=1S/C18H23FN2O4/c1-11(10-22)20(2)17(23)15-9-14(18(24)25-4)16(21(15)3)12-5-7-13(19)8-6-12/h5-8,10-11,14-16H,9H2,1-4H3/t11-,14?,15?,16?/m1/s1. The summed E-state index contributed by atoms with van der Waals surface area (Å²) in [6, 6.07) is 4.35. The number of hydrogen-bond acceptors (Lipinski definition) is 5. The van der Waals surface area contributed by atoms with E-state index in [2.05, 4.69) is 0 Å². The Kier molecular flexibility index (Phi) is 5.89. The summed E-state index contributed by atoms with van der Waals surface area (Å²) >= 11 is 0. The summed E-state index contributed by atoms with van der Waals surface area (Å²) in [6.07, 6.45) is 0.974. The van der Waals surface area contributed by atoms with Gasteiger partial charge >= 0.3 is 5.97 Å². The van der Waals surface area contributed by atoms with Gasteiger partial charge in [-0.25, -0.2) is 4.39 Å². The number of amides is 1. The number of nitrogens with zero attached hydrogens (tertiary/aromatic N) is 2. The summed E-state index contributed by atoms with van der Waals surface area (Å²) in [5.41, 5.74) is 0.737. The average molecular weight is 350 g/mol. The van der Waals surface area contributed by atoms with Gasteiger partial charge in [-0.2, -0.15) is 0 Å². The smallest absolute Gasteiger partial charge is 0.310 e. The van der Waals surface area contributed by atoms with Crippen LogP contribution in [0.15, 0.2) is 24.3 Å². The molecule has 0 aromatic heterocycles. The number of carbonyl (C=O) groups excluding carboxylic acids is 3. The topological polar surface area (TPSA) is 66.9 Å². The van der Waals surface area contributed by atoms with Gasteiger partial charge in [-0.05, 0) is 38.1 Å². The third-order valence-corrected chi connectivity index (χ3v) is 4.94. The van der Waals surface area contributed by atoms with Gasteiger partial charge < -0.3 is 14.4 Å². The van der Waals surface area contributed by atoms with Crippen molar-refractivity contribution in [3.8, 4) is 0 Å². The predicted octanol–water partition coefficient (Wildman–Crippen LogP) is 1.41. The van der Waals surface area contributed by atoms with Gasteiger partial charge in [0.1, 0.15) is 12.1 Å². The lowest BCUT2D eigenvalue weighted by Crippen LogP contribution is -2.46. The first-order valence-electron chi connectivity index (χ1n) is 8.09. The molecule has 0 N–H and O–H groups in total. The zero-order chi connectivity index (χ0) is 18.7. The number of halogens is 1. The second-order valence-corrected chi connectivity index (χ2v) is 6.37. The van der Waals surface area contributed by atoms with Gasteiger partial charge in [0.05, 0.1) is 25.1 Å². The average Bonchev–Trinajstić information content (AvgIpc) is 2.97. The van der Waals surface area contributed by atoms with E-state index in [4.69, 9.17) is 4.74 Å². The minimum Gasteiger partial charge on any atom is -0.469 e. The van der Waals surface area contributed by atoms with Gasteiger partial charge in [-0.3, -0.25) is 14.5 Å². The normalized spacial score (nSPS) is 24.6. The number of benzene rings is 1. The van der Waals surface area contributed by atoms with Crippen LogP contribution in [0.3, 0.4) is 0 Å². The lowest BCUT2D eigenvalue weighted by Gasteiger charge is -2.30. The number of methoxy groups -OCH3 is 1. The molecule has 0 bridgehead atoms. The first-order valence-corrected chi connectivity index (χ1v) is 8.09. The fraction of sp³-hybridized carbons (Fsp3) is 0.500. The first kappa shape index (κ1) is 19.1. The molecular weight excluding hydrogens is 327 g/mol. The SMILES string of the molecule is COC(=O)C1CC(C(=O)N(C)[C@H](C)C=O)N(C)C1c1ccc(F)cc1. The molecule has 1 saturated heterocycles. The van der Waals surface area contributed by atoms with Gasteiger partial charge in [-0.15, -0.1) is 0 Å². The van der Waals surface area contributed by atoms with Crippen LogP contribution in [-0.2, 0) is 19.1 Å². The van der Waals surface area contributed by atoms with E-state index < -0.39 is 30.0 Å². The number of hydrogen-bond donors (Lipinski definition) is 0. The Hall–Kier alpha value is -2.28. The Morgan fingerprint density at radius 1 is 1.36 bits per heavy atom. The summed E-state index contributed by atoms with van der Waals surface area (Å²) in [6.45, 7) is 1.63. The maximum Gasteiger partial charge on any atom is 0.310 e. The third-order valence-electron chi connectivity index (χ3n) is 4.94. The molecule has 1 heterocycles.